The highest BCUT2D eigenvalue weighted by Gasteiger charge is 2.35. The van der Waals surface area contributed by atoms with Gasteiger partial charge in [0.1, 0.15) is 5.75 Å². The van der Waals surface area contributed by atoms with E-state index in [1.54, 1.807) is 0 Å². The topological polar surface area (TPSA) is 38.3 Å². The van der Waals surface area contributed by atoms with Crippen LogP contribution in [0.2, 0.25) is 0 Å². The maximum Gasteiger partial charge on any atom is 0.227 e. The highest BCUT2D eigenvalue weighted by molar-refractivity contribution is 5.92. The fraction of sp³-hybridized carbons (Fsp3) is 0.632. The average molecular weight is 303 g/mol. The van der Waals surface area contributed by atoms with Gasteiger partial charge in [-0.25, -0.2) is 0 Å². The third kappa shape index (κ3) is 4.25. The van der Waals surface area contributed by atoms with Crippen molar-refractivity contribution in [1.82, 2.24) is 0 Å². The Kier molecular flexibility index (Phi) is 5.87. The van der Waals surface area contributed by atoms with Crippen molar-refractivity contribution in [3.63, 3.8) is 0 Å². The quantitative estimate of drug-likeness (QED) is 0.853. The second kappa shape index (κ2) is 7.66. The van der Waals surface area contributed by atoms with Crippen LogP contribution in [0.15, 0.2) is 24.3 Å². The molecule has 1 aromatic rings. The lowest BCUT2D eigenvalue weighted by Crippen LogP contribution is -2.36. The van der Waals surface area contributed by atoms with Gasteiger partial charge in [0.15, 0.2) is 0 Å². The zero-order chi connectivity index (χ0) is 16.1. The molecule has 0 aliphatic heterocycles. The van der Waals surface area contributed by atoms with Crippen molar-refractivity contribution in [2.75, 3.05) is 11.9 Å². The van der Waals surface area contributed by atoms with Gasteiger partial charge in [0.25, 0.3) is 0 Å². The molecule has 0 bridgehead atoms. The van der Waals surface area contributed by atoms with E-state index in [4.69, 9.17) is 4.74 Å². The normalized spacial score (nSPS) is 25.0. The molecule has 1 amide bonds. The van der Waals surface area contributed by atoms with Gasteiger partial charge in [-0.05, 0) is 61.8 Å². The number of nitrogens with one attached hydrogen (secondary N) is 1. The Balaban J connectivity index is 2.02. The van der Waals surface area contributed by atoms with E-state index in [1.807, 2.05) is 31.2 Å². The number of ether oxygens (including phenoxy) is 1. The van der Waals surface area contributed by atoms with E-state index < -0.39 is 0 Å². The number of benzene rings is 1. The minimum atomic E-state index is 0.135. The largest absolute Gasteiger partial charge is 0.494 e. The Labute approximate surface area is 134 Å². The summed E-state index contributed by atoms with van der Waals surface area (Å²) in [5, 5.41) is 3.09. The molecule has 1 aliphatic rings. The van der Waals surface area contributed by atoms with E-state index in [2.05, 4.69) is 26.1 Å². The zero-order valence-corrected chi connectivity index (χ0v) is 14.3. The molecule has 0 heterocycles. The Morgan fingerprint density at radius 2 is 1.95 bits per heavy atom. The maximum atomic E-state index is 12.7. The van der Waals surface area contributed by atoms with Gasteiger partial charge < -0.3 is 10.1 Å². The molecule has 0 spiro atoms. The number of hydrogen-bond donors (Lipinski definition) is 1. The zero-order valence-electron chi connectivity index (χ0n) is 14.3. The summed E-state index contributed by atoms with van der Waals surface area (Å²) < 4.78 is 5.43. The highest BCUT2D eigenvalue weighted by Crippen LogP contribution is 2.38. The standard InChI is InChI=1S/C19H29NO2/c1-5-22-16-9-7-15(8-10-16)20-19(21)18-12-14(4)6-11-17(18)13(2)3/h7-10,13-14,17-18H,5-6,11-12H2,1-4H3,(H,20,21). The number of carbonyl (C=O) groups excluding carboxylic acids is 1. The van der Waals surface area contributed by atoms with Gasteiger partial charge in [-0.1, -0.05) is 27.2 Å². The number of anilines is 1. The molecule has 3 nitrogen and oxygen atoms in total. The van der Waals surface area contributed by atoms with Crippen molar-refractivity contribution in [3.8, 4) is 5.75 Å². The van der Waals surface area contributed by atoms with E-state index >= 15 is 0 Å². The van der Waals surface area contributed by atoms with E-state index in [0.717, 1.165) is 17.9 Å². The molecule has 1 saturated carbocycles. The van der Waals surface area contributed by atoms with Crippen LogP contribution in [0.5, 0.6) is 5.75 Å². The van der Waals surface area contributed by atoms with E-state index in [9.17, 15) is 4.79 Å². The lowest BCUT2D eigenvalue weighted by atomic mass is 9.70. The predicted molar refractivity (Wildman–Crippen MR) is 91.1 cm³/mol. The maximum absolute atomic E-state index is 12.7. The van der Waals surface area contributed by atoms with Crippen LogP contribution < -0.4 is 10.1 Å². The van der Waals surface area contributed by atoms with Crippen LogP contribution in [0.4, 0.5) is 5.69 Å². The number of rotatable bonds is 5. The van der Waals surface area contributed by atoms with Crippen molar-refractivity contribution in [3.05, 3.63) is 24.3 Å². The summed E-state index contributed by atoms with van der Waals surface area (Å²) >= 11 is 0. The number of carbonyl (C=O) groups is 1. The Bertz CT molecular complexity index is 481. The van der Waals surface area contributed by atoms with Gasteiger partial charge >= 0.3 is 0 Å². The summed E-state index contributed by atoms with van der Waals surface area (Å²) in [5.74, 6) is 2.85. The fourth-order valence-corrected chi connectivity index (χ4v) is 3.54. The molecule has 3 heteroatoms. The van der Waals surface area contributed by atoms with E-state index in [1.165, 1.54) is 12.8 Å². The Morgan fingerprint density at radius 3 is 2.55 bits per heavy atom. The molecular weight excluding hydrogens is 274 g/mol. The van der Waals surface area contributed by atoms with Crippen LogP contribution >= 0.6 is 0 Å². The first-order valence-electron chi connectivity index (χ1n) is 8.55. The molecule has 122 valence electrons. The second-order valence-electron chi connectivity index (χ2n) is 6.88. The molecule has 0 saturated heterocycles. The van der Waals surface area contributed by atoms with Crippen molar-refractivity contribution in [2.45, 2.75) is 47.0 Å². The molecule has 3 atom stereocenters. The summed E-state index contributed by atoms with van der Waals surface area (Å²) in [6.45, 7) is 9.34. The summed E-state index contributed by atoms with van der Waals surface area (Å²) in [7, 11) is 0. The predicted octanol–water partition coefficient (Wildman–Crippen LogP) is 4.73. The van der Waals surface area contributed by atoms with Crippen molar-refractivity contribution >= 4 is 11.6 Å². The molecule has 0 aromatic heterocycles. The number of hydrogen-bond acceptors (Lipinski definition) is 2. The minimum Gasteiger partial charge on any atom is -0.494 e. The van der Waals surface area contributed by atoms with Gasteiger partial charge in [-0.2, -0.15) is 0 Å². The van der Waals surface area contributed by atoms with Crippen LogP contribution in [-0.4, -0.2) is 12.5 Å². The first kappa shape index (κ1) is 16.9. The van der Waals surface area contributed by atoms with Crippen LogP contribution in [0, 0.1) is 23.7 Å². The third-order valence-electron chi connectivity index (χ3n) is 4.79. The monoisotopic (exact) mass is 303 g/mol. The smallest absolute Gasteiger partial charge is 0.227 e. The van der Waals surface area contributed by atoms with Gasteiger partial charge in [0, 0.05) is 11.6 Å². The van der Waals surface area contributed by atoms with Gasteiger partial charge in [-0.15, -0.1) is 0 Å². The van der Waals surface area contributed by atoms with Crippen LogP contribution in [-0.2, 0) is 4.79 Å². The summed E-state index contributed by atoms with van der Waals surface area (Å²) in [5.41, 5.74) is 0.856. The van der Waals surface area contributed by atoms with Gasteiger partial charge in [0.05, 0.1) is 6.61 Å². The second-order valence-corrected chi connectivity index (χ2v) is 6.88. The molecule has 22 heavy (non-hydrogen) atoms. The Morgan fingerprint density at radius 1 is 1.27 bits per heavy atom. The van der Waals surface area contributed by atoms with Crippen molar-refractivity contribution < 1.29 is 9.53 Å². The molecular formula is C19H29NO2. The van der Waals surface area contributed by atoms with Crippen LogP contribution in [0.3, 0.4) is 0 Å². The van der Waals surface area contributed by atoms with Crippen molar-refractivity contribution in [1.29, 1.82) is 0 Å². The first-order chi connectivity index (χ1) is 10.5. The first-order valence-corrected chi connectivity index (χ1v) is 8.55. The summed E-state index contributed by atoms with van der Waals surface area (Å²) in [6, 6.07) is 7.64. The molecule has 1 aliphatic carbocycles. The van der Waals surface area contributed by atoms with E-state index in [-0.39, 0.29) is 11.8 Å². The molecule has 1 fully saturated rings. The molecule has 1 N–H and O–H groups in total. The number of amides is 1. The summed E-state index contributed by atoms with van der Waals surface area (Å²) in [4.78, 5) is 12.7. The van der Waals surface area contributed by atoms with Gasteiger partial charge in [0.2, 0.25) is 5.91 Å². The van der Waals surface area contributed by atoms with E-state index in [0.29, 0.717) is 24.4 Å². The molecule has 0 radical (unpaired) electrons. The highest BCUT2D eigenvalue weighted by atomic mass is 16.5. The Hall–Kier alpha value is -1.51. The fourth-order valence-electron chi connectivity index (χ4n) is 3.54. The van der Waals surface area contributed by atoms with Gasteiger partial charge in [-0.3, -0.25) is 4.79 Å². The average Bonchev–Trinajstić information content (AvgIpc) is 2.49. The third-order valence-corrected chi connectivity index (χ3v) is 4.79. The molecule has 2 rings (SSSR count). The molecule has 1 aromatic carbocycles. The SMILES string of the molecule is CCOc1ccc(NC(=O)C2CC(C)CCC2C(C)C)cc1. The van der Waals surface area contributed by atoms with Crippen LogP contribution in [0.1, 0.15) is 47.0 Å². The van der Waals surface area contributed by atoms with Crippen LogP contribution in [0.25, 0.3) is 0 Å². The lowest BCUT2D eigenvalue weighted by molar-refractivity contribution is -0.123. The minimum absolute atomic E-state index is 0.135. The summed E-state index contributed by atoms with van der Waals surface area (Å²) in [6.07, 6.45) is 3.42. The lowest BCUT2D eigenvalue weighted by Gasteiger charge is -2.36. The van der Waals surface area contributed by atoms with Crippen molar-refractivity contribution in [2.24, 2.45) is 23.7 Å². The molecule has 3 unspecified atom stereocenters.